The zero-order valence-electron chi connectivity index (χ0n) is 6.72. The van der Waals surface area contributed by atoms with E-state index in [1.54, 1.807) is 11.8 Å². The van der Waals surface area contributed by atoms with E-state index in [1.165, 1.54) is 6.92 Å². The van der Waals surface area contributed by atoms with Gasteiger partial charge in [-0.25, -0.2) is 0 Å². The number of hydrogen-bond acceptors (Lipinski definition) is 3. The SMILES string of the molecule is CCSC[C@@H](C)OC(C)=O. The van der Waals surface area contributed by atoms with Crippen molar-refractivity contribution in [2.45, 2.75) is 26.9 Å². The third kappa shape index (κ3) is 5.95. The first kappa shape index (κ1) is 9.82. The van der Waals surface area contributed by atoms with Crippen LogP contribution in [0.5, 0.6) is 0 Å². The molecular weight excluding hydrogens is 148 g/mol. The summed E-state index contributed by atoms with van der Waals surface area (Å²) in [6.45, 7) is 5.43. The fourth-order valence-corrected chi connectivity index (χ4v) is 1.24. The number of hydrogen-bond donors (Lipinski definition) is 0. The van der Waals surface area contributed by atoms with Crippen LogP contribution in [0, 0.1) is 0 Å². The molecular formula is C7H14O2S. The summed E-state index contributed by atoms with van der Waals surface area (Å²) in [4.78, 5) is 10.4. The average molecular weight is 162 g/mol. The molecule has 0 aromatic carbocycles. The van der Waals surface area contributed by atoms with Crippen LogP contribution in [-0.4, -0.2) is 23.6 Å². The Balaban J connectivity index is 3.25. The Kier molecular flexibility index (Phi) is 5.49. The first-order valence-electron chi connectivity index (χ1n) is 3.41. The van der Waals surface area contributed by atoms with Crippen LogP contribution in [0.15, 0.2) is 0 Å². The third-order valence-corrected chi connectivity index (χ3v) is 2.04. The fourth-order valence-electron chi connectivity index (χ4n) is 0.601. The summed E-state index contributed by atoms with van der Waals surface area (Å²) in [5, 5.41) is 0. The van der Waals surface area contributed by atoms with Gasteiger partial charge in [0.15, 0.2) is 0 Å². The molecule has 0 N–H and O–H groups in total. The van der Waals surface area contributed by atoms with Gasteiger partial charge in [0, 0.05) is 12.7 Å². The number of thioether (sulfide) groups is 1. The van der Waals surface area contributed by atoms with Crippen LogP contribution < -0.4 is 0 Å². The van der Waals surface area contributed by atoms with E-state index in [0.717, 1.165) is 11.5 Å². The molecule has 0 saturated carbocycles. The molecule has 0 spiro atoms. The lowest BCUT2D eigenvalue weighted by Gasteiger charge is -2.09. The van der Waals surface area contributed by atoms with Crippen LogP contribution in [-0.2, 0) is 9.53 Å². The highest BCUT2D eigenvalue weighted by molar-refractivity contribution is 7.99. The zero-order chi connectivity index (χ0) is 7.98. The summed E-state index contributed by atoms with van der Waals surface area (Å²) in [7, 11) is 0. The van der Waals surface area contributed by atoms with E-state index in [-0.39, 0.29) is 12.1 Å². The molecule has 0 saturated heterocycles. The highest BCUT2D eigenvalue weighted by Crippen LogP contribution is 2.04. The molecule has 0 unspecified atom stereocenters. The molecule has 0 heterocycles. The fraction of sp³-hybridized carbons (Fsp3) is 0.857. The van der Waals surface area contributed by atoms with Gasteiger partial charge in [-0.05, 0) is 12.7 Å². The second-order valence-corrected chi connectivity index (χ2v) is 3.40. The molecule has 2 nitrogen and oxygen atoms in total. The van der Waals surface area contributed by atoms with E-state index in [2.05, 4.69) is 6.92 Å². The van der Waals surface area contributed by atoms with Crippen molar-refractivity contribution in [2.75, 3.05) is 11.5 Å². The van der Waals surface area contributed by atoms with Gasteiger partial charge in [-0.2, -0.15) is 11.8 Å². The average Bonchev–Trinajstić information content (AvgIpc) is 1.82. The monoisotopic (exact) mass is 162 g/mol. The van der Waals surface area contributed by atoms with Crippen LogP contribution in [0.4, 0.5) is 0 Å². The van der Waals surface area contributed by atoms with Crippen molar-refractivity contribution in [3.8, 4) is 0 Å². The molecule has 0 aliphatic rings. The van der Waals surface area contributed by atoms with Crippen molar-refractivity contribution >= 4 is 17.7 Å². The van der Waals surface area contributed by atoms with E-state index in [4.69, 9.17) is 4.74 Å². The predicted octanol–water partition coefficient (Wildman–Crippen LogP) is 1.69. The summed E-state index contributed by atoms with van der Waals surface area (Å²) in [6, 6.07) is 0. The number of rotatable bonds is 4. The number of esters is 1. The maximum absolute atomic E-state index is 10.4. The first-order valence-corrected chi connectivity index (χ1v) is 4.57. The Morgan fingerprint density at radius 1 is 1.70 bits per heavy atom. The Morgan fingerprint density at radius 2 is 2.30 bits per heavy atom. The van der Waals surface area contributed by atoms with Crippen molar-refractivity contribution in [3.05, 3.63) is 0 Å². The van der Waals surface area contributed by atoms with Crippen molar-refractivity contribution in [1.82, 2.24) is 0 Å². The smallest absolute Gasteiger partial charge is 0.302 e. The number of carbonyl (C=O) groups excluding carboxylic acids is 1. The van der Waals surface area contributed by atoms with Crippen molar-refractivity contribution in [3.63, 3.8) is 0 Å². The molecule has 0 aliphatic heterocycles. The normalized spacial score (nSPS) is 12.7. The molecule has 10 heavy (non-hydrogen) atoms. The molecule has 0 aliphatic carbocycles. The summed E-state index contributed by atoms with van der Waals surface area (Å²) >= 11 is 1.78. The van der Waals surface area contributed by atoms with Gasteiger partial charge in [0.1, 0.15) is 6.10 Å². The lowest BCUT2D eigenvalue weighted by atomic mass is 10.5. The molecule has 3 heteroatoms. The molecule has 0 bridgehead atoms. The van der Waals surface area contributed by atoms with Gasteiger partial charge in [-0.1, -0.05) is 6.92 Å². The molecule has 0 fully saturated rings. The van der Waals surface area contributed by atoms with Crippen LogP contribution >= 0.6 is 11.8 Å². The van der Waals surface area contributed by atoms with E-state index < -0.39 is 0 Å². The minimum atomic E-state index is -0.191. The molecule has 0 aromatic rings. The Hall–Kier alpha value is -0.180. The van der Waals surface area contributed by atoms with Crippen molar-refractivity contribution in [1.29, 1.82) is 0 Å². The lowest BCUT2D eigenvalue weighted by molar-refractivity contribution is -0.144. The molecule has 0 rings (SSSR count). The maximum atomic E-state index is 10.4. The predicted molar refractivity (Wildman–Crippen MR) is 44.2 cm³/mol. The number of carbonyl (C=O) groups is 1. The van der Waals surface area contributed by atoms with Crippen LogP contribution in [0.25, 0.3) is 0 Å². The quantitative estimate of drug-likeness (QED) is 0.588. The van der Waals surface area contributed by atoms with E-state index >= 15 is 0 Å². The summed E-state index contributed by atoms with van der Waals surface area (Å²) in [5.41, 5.74) is 0. The van der Waals surface area contributed by atoms with Gasteiger partial charge in [-0.3, -0.25) is 4.79 Å². The number of ether oxygens (including phenoxy) is 1. The minimum Gasteiger partial charge on any atom is -0.462 e. The molecule has 0 aromatic heterocycles. The molecule has 0 radical (unpaired) electrons. The minimum absolute atomic E-state index is 0.0578. The third-order valence-electron chi connectivity index (χ3n) is 0.924. The van der Waals surface area contributed by atoms with Crippen LogP contribution in [0.1, 0.15) is 20.8 Å². The summed E-state index contributed by atoms with van der Waals surface area (Å²) < 4.78 is 4.89. The van der Waals surface area contributed by atoms with E-state index in [9.17, 15) is 4.79 Å². The summed E-state index contributed by atoms with van der Waals surface area (Å²) in [6.07, 6.45) is 0.0578. The van der Waals surface area contributed by atoms with Gasteiger partial charge in [0.25, 0.3) is 0 Å². The van der Waals surface area contributed by atoms with Crippen LogP contribution in [0.2, 0.25) is 0 Å². The topological polar surface area (TPSA) is 26.3 Å². The molecule has 60 valence electrons. The lowest BCUT2D eigenvalue weighted by Crippen LogP contribution is -2.14. The van der Waals surface area contributed by atoms with Gasteiger partial charge in [0.05, 0.1) is 0 Å². The highest BCUT2D eigenvalue weighted by Gasteiger charge is 2.03. The second-order valence-electron chi connectivity index (χ2n) is 2.08. The summed E-state index contributed by atoms with van der Waals surface area (Å²) in [5.74, 6) is 1.78. The van der Waals surface area contributed by atoms with Crippen molar-refractivity contribution in [2.24, 2.45) is 0 Å². The zero-order valence-corrected chi connectivity index (χ0v) is 7.53. The molecule has 1 atom stereocenters. The van der Waals surface area contributed by atoms with Crippen molar-refractivity contribution < 1.29 is 9.53 Å². The molecule has 0 amide bonds. The van der Waals surface area contributed by atoms with Gasteiger partial charge < -0.3 is 4.74 Å². The maximum Gasteiger partial charge on any atom is 0.302 e. The second kappa shape index (κ2) is 5.59. The van der Waals surface area contributed by atoms with Gasteiger partial charge in [-0.15, -0.1) is 0 Å². The first-order chi connectivity index (χ1) is 4.66. The Bertz CT molecular complexity index is 104. The Morgan fingerprint density at radius 3 is 2.70 bits per heavy atom. The van der Waals surface area contributed by atoms with Crippen LogP contribution in [0.3, 0.4) is 0 Å². The van der Waals surface area contributed by atoms with Gasteiger partial charge >= 0.3 is 5.97 Å². The Labute approximate surface area is 66.3 Å². The van der Waals surface area contributed by atoms with E-state index in [0.29, 0.717) is 0 Å². The highest BCUT2D eigenvalue weighted by atomic mass is 32.2. The van der Waals surface area contributed by atoms with E-state index in [1.807, 2.05) is 6.92 Å². The largest absolute Gasteiger partial charge is 0.462 e. The van der Waals surface area contributed by atoms with Gasteiger partial charge in [0.2, 0.25) is 0 Å². The standard InChI is InChI=1S/C7H14O2S/c1-4-10-5-6(2)9-7(3)8/h6H,4-5H2,1-3H3/t6-/m1/s1.